The van der Waals surface area contributed by atoms with E-state index < -0.39 is 11.5 Å². The summed E-state index contributed by atoms with van der Waals surface area (Å²) in [4.78, 5) is 34.8. The molecule has 0 fully saturated rings. The number of nitrogens with one attached hydrogen (secondary N) is 2. The molecule has 6 heteroatoms. The highest BCUT2D eigenvalue weighted by Gasteiger charge is 2.21. The van der Waals surface area contributed by atoms with Gasteiger partial charge in [-0.25, -0.2) is 0 Å². The first-order valence-electron chi connectivity index (χ1n) is 8.57. The highest BCUT2D eigenvalue weighted by Crippen LogP contribution is 2.15. The smallest absolute Gasteiger partial charge is 0.303 e. The predicted octanol–water partition coefficient (Wildman–Crippen LogP) is 2.72. The molecule has 2 aromatic carbocycles. The second-order valence-corrected chi connectivity index (χ2v) is 6.89. The van der Waals surface area contributed by atoms with Crippen molar-refractivity contribution in [3.05, 3.63) is 48.0 Å². The first-order chi connectivity index (χ1) is 12.3. The quantitative estimate of drug-likeness (QED) is 0.678. The van der Waals surface area contributed by atoms with Crippen molar-refractivity contribution in [3.8, 4) is 0 Å². The van der Waals surface area contributed by atoms with Gasteiger partial charge in [0.05, 0.1) is 0 Å². The number of rotatable bonds is 8. The van der Waals surface area contributed by atoms with Crippen molar-refractivity contribution in [2.75, 3.05) is 6.54 Å². The van der Waals surface area contributed by atoms with E-state index in [1.54, 1.807) is 19.9 Å². The molecule has 3 N–H and O–H groups in total. The fraction of sp³-hybridized carbons (Fsp3) is 0.350. The first-order valence-corrected chi connectivity index (χ1v) is 8.57. The van der Waals surface area contributed by atoms with Crippen molar-refractivity contribution < 1.29 is 19.5 Å². The Kier molecular flexibility index (Phi) is 6.33. The Hall–Kier alpha value is -2.89. The highest BCUT2D eigenvalue weighted by molar-refractivity contribution is 5.98. The van der Waals surface area contributed by atoms with Crippen LogP contribution >= 0.6 is 0 Å². The van der Waals surface area contributed by atoms with Crippen molar-refractivity contribution in [2.45, 2.75) is 38.6 Å². The van der Waals surface area contributed by atoms with Crippen LogP contribution in [0.25, 0.3) is 10.8 Å². The number of benzene rings is 2. The van der Waals surface area contributed by atoms with Gasteiger partial charge >= 0.3 is 5.97 Å². The number of fused-ring (bicyclic) bond motifs is 1. The molecule has 0 atom stereocenters. The molecule has 0 aliphatic heterocycles. The summed E-state index contributed by atoms with van der Waals surface area (Å²) in [5, 5.41) is 16.3. The van der Waals surface area contributed by atoms with E-state index in [1.807, 2.05) is 36.4 Å². The van der Waals surface area contributed by atoms with Gasteiger partial charge in [0, 0.05) is 30.5 Å². The van der Waals surface area contributed by atoms with Gasteiger partial charge in [-0.3, -0.25) is 14.4 Å². The van der Waals surface area contributed by atoms with Gasteiger partial charge in [-0.15, -0.1) is 0 Å². The molecule has 2 amide bonds. The molecule has 2 rings (SSSR count). The first kappa shape index (κ1) is 19.4. The Morgan fingerprint density at radius 3 is 2.38 bits per heavy atom. The third-order valence-electron chi connectivity index (χ3n) is 4.09. The summed E-state index contributed by atoms with van der Waals surface area (Å²) in [6.07, 6.45) is 0.472. The molecule has 2 aromatic rings. The third-order valence-corrected chi connectivity index (χ3v) is 4.09. The number of hydrogen-bond acceptors (Lipinski definition) is 3. The van der Waals surface area contributed by atoms with Gasteiger partial charge in [0.2, 0.25) is 5.91 Å². The zero-order valence-corrected chi connectivity index (χ0v) is 15.0. The molecule has 0 saturated carbocycles. The maximum Gasteiger partial charge on any atom is 0.303 e. The molecule has 0 aliphatic carbocycles. The van der Waals surface area contributed by atoms with E-state index in [1.165, 1.54) is 0 Å². The zero-order valence-electron chi connectivity index (χ0n) is 15.0. The number of carboxylic acid groups (broad SMARTS) is 1. The summed E-state index contributed by atoms with van der Waals surface area (Å²) in [5.74, 6) is -1.34. The summed E-state index contributed by atoms with van der Waals surface area (Å²) in [6, 6.07) is 13.2. The van der Waals surface area contributed by atoms with Gasteiger partial charge in [-0.05, 0) is 43.2 Å². The Morgan fingerprint density at radius 1 is 1.00 bits per heavy atom. The monoisotopic (exact) mass is 356 g/mol. The second kappa shape index (κ2) is 8.47. The molecule has 26 heavy (non-hydrogen) atoms. The Bertz CT molecular complexity index is 814. The lowest BCUT2D eigenvalue weighted by molar-refractivity contribution is -0.137. The predicted molar refractivity (Wildman–Crippen MR) is 100.0 cm³/mol. The minimum atomic E-state index is -0.894. The van der Waals surface area contributed by atoms with Crippen molar-refractivity contribution in [1.29, 1.82) is 0 Å². The summed E-state index contributed by atoms with van der Waals surface area (Å²) in [6.45, 7) is 3.77. The third kappa shape index (κ3) is 5.88. The van der Waals surface area contributed by atoms with E-state index in [2.05, 4.69) is 10.6 Å². The van der Waals surface area contributed by atoms with E-state index >= 15 is 0 Å². The fourth-order valence-electron chi connectivity index (χ4n) is 2.64. The average molecular weight is 356 g/mol. The summed E-state index contributed by atoms with van der Waals surface area (Å²) in [5.41, 5.74) is -0.0523. The van der Waals surface area contributed by atoms with Gasteiger partial charge in [-0.2, -0.15) is 0 Å². The van der Waals surface area contributed by atoms with Crippen molar-refractivity contribution in [2.24, 2.45) is 0 Å². The van der Waals surface area contributed by atoms with Crippen LogP contribution in [-0.2, 0) is 9.59 Å². The van der Waals surface area contributed by atoms with E-state index in [0.717, 1.165) is 10.8 Å². The van der Waals surface area contributed by atoms with E-state index in [4.69, 9.17) is 5.11 Å². The molecule has 138 valence electrons. The maximum absolute atomic E-state index is 12.2. The van der Waals surface area contributed by atoms with Crippen LogP contribution in [0.2, 0.25) is 0 Å². The zero-order chi connectivity index (χ0) is 19.2. The van der Waals surface area contributed by atoms with Crippen LogP contribution in [0.5, 0.6) is 0 Å². The Morgan fingerprint density at radius 2 is 1.69 bits per heavy atom. The van der Waals surface area contributed by atoms with Crippen molar-refractivity contribution >= 4 is 28.6 Å². The lowest BCUT2D eigenvalue weighted by atomic mass is 9.98. The second-order valence-electron chi connectivity index (χ2n) is 6.89. The number of carbonyl (C=O) groups excluding carboxylic acids is 2. The normalized spacial score (nSPS) is 11.2. The summed E-state index contributed by atoms with van der Waals surface area (Å²) < 4.78 is 0. The van der Waals surface area contributed by atoms with Crippen molar-refractivity contribution in [1.82, 2.24) is 10.6 Å². The van der Waals surface area contributed by atoms with Crippen LogP contribution < -0.4 is 10.6 Å². The average Bonchev–Trinajstić information content (AvgIpc) is 2.59. The molecule has 0 heterocycles. The topological polar surface area (TPSA) is 95.5 Å². The summed E-state index contributed by atoms with van der Waals surface area (Å²) >= 11 is 0. The van der Waals surface area contributed by atoms with Crippen LogP contribution in [0.1, 0.15) is 43.5 Å². The molecule has 0 spiro atoms. The SMILES string of the molecule is CC(C)(CCC(=O)O)NC(=O)CCNC(=O)c1ccc2ccccc2c1. The largest absolute Gasteiger partial charge is 0.481 e. The molecule has 0 aliphatic rings. The van der Waals surface area contributed by atoms with Crippen LogP contribution in [0.15, 0.2) is 42.5 Å². The molecule has 0 radical (unpaired) electrons. The molecular formula is C20H24N2O4. The molecule has 0 aromatic heterocycles. The van der Waals surface area contributed by atoms with Crippen LogP contribution in [0.3, 0.4) is 0 Å². The molecular weight excluding hydrogens is 332 g/mol. The number of carbonyl (C=O) groups is 3. The minimum Gasteiger partial charge on any atom is -0.481 e. The van der Waals surface area contributed by atoms with Crippen LogP contribution in [0.4, 0.5) is 0 Å². The van der Waals surface area contributed by atoms with Gasteiger partial charge < -0.3 is 15.7 Å². The Balaban J connectivity index is 1.81. The van der Waals surface area contributed by atoms with E-state index in [0.29, 0.717) is 12.0 Å². The fourth-order valence-corrected chi connectivity index (χ4v) is 2.64. The molecule has 6 nitrogen and oxygen atoms in total. The molecule has 0 bridgehead atoms. The summed E-state index contributed by atoms with van der Waals surface area (Å²) in [7, 11) is 0. The standard InChI is InChI=1S/C20H24N2O4/c1-20(2,11-9-18(24)25)22-17(23)10-12-21-19(26)16-8-7-14-5-3-4-6-15(14)13-16/h3-8,13H,9-12H2,1-2H3,(H,21,26)(H,22,23)(H,24,25). The minimum absolute atomic E-state index is 0.00796. The number of aliphatic carboxylic acids is 1. The van der Waals surface area contributed by atoms with Gasteiger partial charge in [0.25, 0.3) is 5.91 Å². The van der Waals surface area contributed by atoms with Gasteiger partial charge in [0.15, 0.2) is 0 Å². The van der Waals surface area contributed by atoms with E-state index in [-0.39, 0.29) is 31.2 Å². The lowest BCUT2D eigenvalue weighted by Crippen LogP contribution is -2.44. The van der Waals surface area contributed by atoms with Gasteiger partial charge in [-0.1, -0.05) is 30.3 Å². The van der Waals surface area contributed by atoms with E-state index in [9.17, 15) is 14.4 Å². The number of hydrogen-bond donors (Lipinski definition) is 3. The van der Waals surface area contributed by atoms with Crippen LogP contribution in [-0.4, -0.2) is 35.0 Å². The number of carboxylic acids is 1. The van der Waals surface area contributed by atoms with Crippen molar-refractivity contribution in [3.63, 3.8) is 0 Å². The molecule has 0 unspecified atom stereocenters. The highest BCUT2D eigenvalue weighted by atomic mass is 16.4. The Labute approximate surface area is 152 Å². The van der Waals surface area contributed by atoms with Gasteiger partial charge in [0.1, 0.15) is 0 Å². The van der Waals surface area contributed by atoms with Crippen LogP contribution in [0, 0.1) is 0 Å². The molecule has 0 saturated heterocycles. The lowest BCUT2D eigenvalue weighted by Gasteiger charge is -2.25. The number of amides is 2. The maximum atomic E-state index is 12.2.